The molecular weight excluding hydrogens is 338 g/mol. The maximum absolute atomic E-state index is 12.7. The molecule has 0 saturated carbocycles. The minimum atomic E-state index is -3.65. The highest BCUT2D eigenvalue weighted by molar-refractivity contribution is 7.89. The Morgan fingerprint density at radius 1 is 1.39 bits per heavy atom. The molecule has 0 aliphatic carbocycles. The van der Waals surface area contributed by atoms with E-state index in [2.05, 4.69) is 0 Å². The van der Waals surface area contributed by atoms with E-state index >= 15 is 0 Å². The number of halogens is 1. The zero-order valence-corrected chi connectivity index (χ0v) is 14.3. The summed E-state index contributed by atoms with van der Waals surface area (Å²) in [6.07, 6.45) is 2.18. The van der Waals surface area contributed by atoms with Gasteiger partial charge in [-0.15, -0.1) is 0 Å². The topological polar surface area (TPSA) is 96.4 Å². The van der Waals surface area contributed by atoms with E-state index in [9.17, 15) is 8.42 Å². The largest absolute Gasteiger partial charge is 0.378 e. The van der Waals surface area contributed by atoms with Crippen LogP contribution in [0.2, 0.25) is 5.02 Å². The van der Waals surface area contributed by atoms with Crippen molar-refractivity contribution in [1.82, 2.24) is 4.31 Å². The minimum absolute atomic E-state index is 0.0423. The third-order valence-electron chi connectivity index (χ3n) is 3.78. The van der Waals surface area contributed by atoms with Gasteiger partial charge >= 0.3 is 0 Å². The molecule has 1 aromatic rings. The van der Waals surface area contributed by atoms with E-state index in [1.165, 1.54) is 22.5 Å². The van der Waals surface area contributed by atoms with Crippen LogP contribution in [0.15, 0.2) is 23.1 Å². The van der Waals surface area contributed by atoms with Gasteiger partial charge in [0.1, 0.15) is 4.90 Å². The van der Waals surface area contributed by atoms with Crippen molar-refractivity contribution < 1.29 is 13.2 Å². The van der Waals surface area contributed by atoms with Crippen molar-refractivity contribution in [2.24, 2.45) is 5.73 Å². The van der Waals surface area contributed by atoms with Gasteiger partial charge in [0.15, 0.2) is 0 Å². The molecule has 0 spiro atoms. The highest BCUT2D eigenvalue weighted by Gasteiger charge is 2.31. The van der Waals surface area contributed by atoms with Gasteiger partial charge in [0, 0.05) is 19.7 Å². The fourth-order valence-electron chi connectivity index (χ4n) is 2.49. The lowest BCUT2D eigenvalue weighted by atomic mass is 10.1. The van der Waals surface area contributed by atoms with Crippen LogP contribution >= 0.6 is 11.6 Å². The molecule has 1 saturated heterocycles. The predicted octanol–water partition coefficient (Wildman–Crippen LogP) is 1.73. The summed E-state index contributed by atoms with van der Waals surface area (Å²) in [4.78, 5) is 0.0423. The standard InChI is InChI=1S/C15H20ClN3O3S/c16-14-10-12(11-18)2-3-15(14)23(20,21)19-7-4-13(5-8-19)22-9-1-6-17/h2-3,10,13H,1,4-9,17H2. The molecule has 2 rings (SSSR count). The molecule has 6 nitrogen and oxygen atoms in total. The lowest BCUT2D eigenvalue weighted by Crippen LogP contribution is -2.41. The smallest absolute Gasteiger partial charge is 0.244 e. The Bertz CT molecular complexity index is 680. The van der Waals surface area contributed by atoms with Gasteiger partial charge in [0.2, 0.25) is 10.0 Å². The average molecular weight is 358 g/mol. The molecule has 2 N–H and O–H groups in total. The highest BCUT2D eigenvalue weighted by atomic mass is 35.5. The molecule has 0 radical (unpaired) electrons. The molecule has 0 unspecified atom stereocenters. The van der Waals surface area contributed by atoms with Gasteiger partial charge in [-0.3, -0.25) is 0 Å². The Kier molecular flexibility index (Phi) is 6.39. The normalized spacial score (nSPS) is 17.1. The number of nitrogens with zero attached hydrogens (tertiary/aromatic N) is 2. The van der Waals surface area contributed by atoms with Crippen molar-refractivity contribution in [3.05, 3.63) is 28.8 Å². The van der Waals surface area contributed by atoms with Crippen molar-refractivity contribution >= 4 is 21.6 Å². The van der Waals surface area contributed by atoms with Crippen molar-refractivity contribution in [2.45, 2.75) is 30.3 Å². The summed E-state index contributed by atoms with van der Waals surface area (Å²) < 4.78 is 32.5. The van der Waals surface area contributed by atoms with E-state index in [0.29, 0.717) is 44.6 Å². The molecule has 1 heterocycles. The first-order valence-corrected chi connectivity index (χ1v) is 9.32. The van der Waals surface area contributed by atoms with Gasteiger partial charge in [-0.25, -0.2) is 8.42 Å². The Labute approximate surface area is 141 Å². The molecule has 126 valence electrons. The number of rotatable bonds is 6. The van der Waals surface area contributed by atoms with E-state index in [4.69, 9.17) is 27.3 Å². The summed E-state index contributed by atoms with van der Waals surface area (Å²) >= 11 is 6.03. The number of sulfonamides is 1. The van der Waals surface area contributed by atoms with Crippen molar-refractivity contribution in [3.63, 3.8) is 0 Å². The lowest BCUT2D eigenvalue weighted by molar-refractivity contribution is 0.0209. The Balaban J connectivity index is 2.03. The summed E-state index contributed by atoms with van der Waals surface area (Å²) in [6, 6.07) is 6.16. The van der Waals surface area contributed by atoms with Crippen LogP contribution in [0, 0.1) is 11.3 Å². The number of hydrogen-bond donors (Lipinski definition) is 1. The van der Waals surface area contributed by atoms with Crippen LogP contribution in [0.1, 0.15) is 24.8 Å². The molecule has 1 fully saturated rings. The summed E-state index contributed by atoms with van der Waals surface area (Å²) in [5.41, 5.74) is 5.76. The van der Waals surface area contributed by atoms with Crippen LogP contribution < -0.4 is 5.73 Å². The van der Waals surface area contributed by atoms with Gasteiger partial charge in [0.05, 0.1) is 22.8 Å². The molecule has 8 heteroatoms. The quantitative estimate of drug-likeness (QED) is 0.782. The molecule has 1 aliphatic rings. The van der Waals surface area contributed by atoms with Crippen molar-refractivity contribution in [1.29, 1.82) is 5.26 Å². The number of piperidine rings is 1. The third kappa shape index (κ3) is 4.43. The number of benzene rings is 1. The predicted molar refractivity (Wildman–Crippen MR) is 87.6 cm³/mol. The Morgan fingerprint density at radius 3 is 2.65 bits per heavy atom. The van der Waals surface area contributed by atoms with E-state index in [1.807, 2.05) is 6.07 Å². The van der Waals surface area contributed by atoms with Gasteiger partial charge < -0.3 is 10.5 Å². The van der Waals surface area contributed by atoms with E-state index in [0.717, 1.165) is 6.42 Å². The zero-order valence-electron chi connectivity index (χ0n) is 12.7. The molecule has 1 aromatic carbocycles. The molecule has 23 heavy (non-hydrogen) atoms. The van der Waals surface area contributed by atoms with E-state index in [-0.39, 0.29) is 16.0 Å². The van der Waals surface area contributed by atoms with Gasteiger partial charge in [-0.05, 0) is 44.0 Å². The summed E-state index contributed by atoms with van der Waals surface area (Å²) in [5, 5.41) is 8.91. The molecule has 0 aromatic heterocycles. The number of nitriles is 1. The molecule has 0 bridgehead atoms. The second-order valence-electron chi connectivity index (χ2n) is 5.37. The molecule has 0 atom stereocenters. The van der Waals surface area contributed by atoms with Crippen molar-refractivity contribution in [2.75, 3.05) is 26.2 Å². The summed E-state index contributed by atoms with van der Waals surface area (Å²) in [5.74, 6) is 0. The number of ether oxygens (including phenoxy) is 1. The molecule has 1 aliphatic heterocycles. The second kappa shape index (κ2) is 8.08. The van der Waals surface area contributed by atoms with Crippen LogP contribution in [-0.4, -0.2) is 45.1 Å². The van der Waals surface area contributed by atoms with Crippen LogP contribution in [0.25, 0.3) is 0 Å². The first-order chi connectivity index (χ1) is 11.0. The fraction of sp³-hybridized carbons (Fsp3) is 0.533. The minimum Gasteiger partial charge on any atom is -0.378 e. The lowest BCUT2D eigenvalue weighted by Gasteiger charge is -2.31. The highest BCUT2D eigenvalue weighted by Crippen LogP contribution is 2.28. The summed E-state index contributed by atoms with van der Waals surface area (Å²) in [6.45, 7) is 1.98. The molecular formula is C15H20ClN3O3S. The van der Waals surface area contributed by atoms with Gasteiger partial charge in [-0.2, -0.15) is 9.57 Å². The first-order valence-electron chi connectivity index (χ1n) is 7.50. The van der Waals surface area contributed by atoms with Crippen molar-refractivity contribution in [3.8, 4) is 6.07 Å². The number of nitrogens with two attached hydrogens (primary N) is 1. The Hall–Kier alpha value is -1.17. The zero-order chi connectivity index (χ0) is 16.9. The van der Waals surface area contributed by atoms with Gasteiger partial charge in [0.25, 0.3) is 0 Å². The summed E-state index contributed by atoms with van der Waals surface area (Å²) in [7, 11) is -3.65. The fourth-order valence-corrected chi connectivity index (χ4v) is 4.48. The Morgan fingerprint density at radius 2 is 2.09 bits per heavy atom. The van der Waals surface area contributed by atoms with Crippen LogP contribution in [0.3, 0.4) is 0 Å². The van der Waals surface area contributed by atoms with Crippen LogP contribution in [-0.2, 0) is 14.8 Å². The van der Waals surface area contributed by atoms with Gasteiger partial charge in [-0.1, -0.05) is 11.6 Å². The average Bonchev–Trinajstić information content (AvgIpc) is 2.55. The maximum Gasteiger partial charge on any atom is 0.244 e. The SMILES string of the molecule is N#Cc1ccc(S(=O)(=O)N2CCC(OCCCN)CC2)c(Cl)c1. The van der Waals surface area contributed by atoms with E-state index < -0.39 is 10.0 Å². The van der Waals surface area contributed by atoms with Crippen LogP contribution in [0.4, 0.5) is 0 Å². The molecule has 0 amide bonds. The van der Waals surface area contributed by atoms with Crippen LogP contribution in [0.5, 0.6) is 0 Å². The monoisotopic (exact) mass is 357 g/mol. The second-order valence-corrected chi connectivity index (χ2v) is 7.69. The third-order valence-corrected chi connectivity index (χ3v) is 6.16. The number of hydrogen-bond acceptors (Lipinski definition) is 5. The maximum atomic E-state index is 12.7. The first kappa shape index (κ1) is 18.2. The van der Waals surface area contributed by atoms with E-state index in [1.54, 1.807) is 0 Å².